The van der Waals surface area contributed by atoms with Crippen LogP contribution in [0.15, 0.2) is 28.7 Å². The number of aromatic nitrogens is 2. The number of nitrogens with zero attached hydrogens (tertiary/aromatic N) is 3. The molecular formula is C16H19N3O4S. The fourth-order valence-corrected chi connectivity index (χ4v) is 4.65. The minimum Gasteiger partial charge on any atom is -0.421 e. The largest absolute Gasteiger partial charge is 0.421 e. The van der Waals surface area contributed by atoms with Gasteiger partial charge in [-0.25, -0.2) is 8.42 Å². The first-order valence-corrected chi connectivity index (χ1v) is 9.63. The third-order valence-electron chi connectivity index (χ3n) is 4.16. The average Bonchev–Trinajstić information content (AvgIpc) is 3.14. The van der Waals surface area contributed by atoms with Crippen LogP contribution in [0, 0.1) is 6.92 Å². The number of rotatable bonds is 4. The van der Waals surface area contributed by atoms with Gasteiger partial charge in [0.2, 0.25) is 11.8 Å². The molecule has 0 aliphatic carbocycles. The summed E-state index contributed by atoms with van der Waals surface area (Å²) in [6.45, 7) is 4.05. The summed E-state index contributed by atoms with van der Waals surface area (Å²) in [5.74, 6) is 0.918. The van der Waals surface area contributed by atoms with E-state index in [2.05, 4.69) is 10.2 Å². The first kappa shape index (κ1) is 16.6. The third-order valence-corrected chi connectivity index (χ3v) is 5.91. The van der Waals surface area contributed by atoms with Crippen molar-refractivity contribution in [1.29, 1.82) is 0 Å². The van der Waals surface area contributed by atoms with Crippen molar-refractivity contribution in [2.45, 2.75) is 26.3 Å². The first-order valence-electron chi connectivity index (χ1n) is 7.81. The van der Waals surface area contributed by atoms with E-state index in [0.717, 1.165) is 5.56 Å². The molecule has 1 unspecified atom stereocenters. The molecule has 7 nitrogen and oxygen atoms in total. The molecule has 3 rings (SSSR count). The summed E-state index contributed by atoms with van der Waals surface area (Å²) >= 11 is 0. The van der Waals surface area contributed by atoms with Crippen molar-refractivity contribution in [1.82, 2.24) is 15.1 Å². The third kappa shape index (κ3) is 3.33. The van der Waals surface area contributed by atoms with Crippen molar-refractivity contribution in [3.63, 3.8) is 0 Å². The molecule has 2 heterocycles. The van der Waals surface area contributed by atoms with Crippen LogP contribution < -0.4 is 0 Å². The topological polar surface area (TPSA) is 93.4 Å². The Morgan fingerprint density at radius 1 is 1.29 bits per heavy atom. The van der Waals surface area contributed by atoms with Crippen molar-refractivity contribution in [2.24, 2.45) is 0 Å². The smallest absolute Gasteiger partial charge is 0.254 e. The average molecular weight is 349 g/mol. The van der Waals surface area contributed by atoms with Gasteiger partial charge in [-0.3, -0.25) is 4.79 Å². The van der Waals surface area contributed by atoms with Crippen molar-refractivity contribution in [2.75, 3.05) is 18.1 Å². The first-order chi connectivity index (χ1) is 11.4. The number of sulfone groups is 1. The lowest BCUT2D eigenvalue weighted by Crippen LogP contribution is -2.40. The number of amides is 1. The highest BCUT2D eigenvalue weighted by atomic mass is 32.2. The number of benzene rings is 1. The van der Waals surface area contributed by atoms with E-state index in [1.54, 1.807) is 36.1 Å². The Kier molecular flexibility index (Phi) is 4.40. The highest BCUT2D eigenvalue weighted by molar-refractivity contribution is 7.91. The fraction of sp³-hybridized carbons (Fsp3) is 0.438. The van der Waals surface area contributed by atoms with Crippen LogP contribution in [0.25, 0.3) is 11.5 Å². The van der Waals surface area contributed by atoms with Gasteiger partial charge in [-0.1, -0.05) is 0 Å². The fourth-order valence-electron chi connectivity index (χ4n) is 2.92. The predicted molar refractivity (Wildman–Crippen MR) is 88.2 cm³/mol. The standard InChI is InChI=1S/C16H19N3O4S/c1-3-19(14-8-9-24(21,22)10-14)16(20)13-6-4-12(5-7-13)15-18-17-11(2)23-15/h4-7,14H,3,8-10H2,1-2H3. The van der Waals surface area contributed by atoms with E-state index in [9.17, 15) is 13.2 Å². The van der Waals surface area contributed by atoms with Gasteiger partial charge in [0, 0.05) is 30.6 Å². The summed E-state index contributed by atoms with van der Waals surface area (Å²) in [6, 6.07) is 6.65. The molecule has 8 heteroatoms. The summed E-state index contributed by atoms with van der Waals surface area (Å²) in [6.07, 6.45) is 0.501. The molecule has 1 aliphatic rings. The van der Waals surface area contributed by atoms with Gasteiger partial charge in [0.05, 0.1) is 11.5 Å². The lowest BCUT2D eigenvalue weighted by atomic mass is 10.1. The second kappa shape index (κ2) is 6.35. The summed E-state index contributed by atoms with van der Waals surface area (Å²) < 4.78 is 28.7. The minimum atomic E-state index is -3.03. The zero-order valence-electron chi connectivity index (χ0n) is 13.6. The molecule has 1 saturated heterocycles. The van der Waals surface area contributed by atoms with Gasteiger partial charge >= 0.3 is 0 Å². The molecule has 0 N–H and O–H groups in total. The molecule has 1 aliphatic heterocycles. The van der Waals surface area contributed by atoms with Gasteiger partial charge in [-0.2, -0.15) is 0 Å². The number of hydrogen-bond acceptors (Lipinski definition) is 6. The van der Waals surface area contributed by atoms with Gasteiger partial charge < -0.3 is 9.32 Å². The number of hydrogen-bond donors (Lipinski definition) is 0. The molecule has 2 aromatic rings. The van der Waals surface area contributed by atoms with E-state index >= 15 is 0 Å². The molecule has 0 radical (unpaired) electrons. The zero-order valence-corrected chi connectivity index (χ0v) is 14.4. The van der Waals surface area contributed by atoms with Crippen LogP contribution in [0.4, 0.5) is 0 Å². The highest BCUT2D eigenvalue weighted by Crippen LogP contribution is 2.22. The van der Waals surface area contributed by atoms with Crippen LogP contribution in [0.2, 0.25) is 0 Å². The van der Waals surface area contributed by atoms with Gasteiger partial charge in [0.15, 0.2) is 9.84 Å². The van der Waals surface area contributed by atoms with E-state index in [1.165, 1.54) is 0 Å². The maximum absolute atomic E-state index is 12.7. The Bertz CT molecular complexity index is 842. The second-order valence-electron chi connectivity index (χ2n) is 5.85. The number of carbonyl (C=O) groups is 1. The second-order valence-corrected chi connectivity index (χ2v) is 8.08. The summed E-state index contributed by atoms with van der Waals surface area (Å²) in [4.78, 5) is 14.3. The van der Waals surface area contributed by atoms with Crippen LogP contribution >= 0.6 is 0 Å². The molecule has 1 fully saturated rings. The molecule has 0 saturated carbocycles. The molecule has 0 spiro atoms. The minimum absolute atomic E-state index is 0.0475. The van der Waals surface area contributed by atoms with E-state index in [0.29, 0.717) is 30.3 Å². The number of carbonyl (C=O) groups excluding carboxylic acids is 1. The maximum atomic E-state index is 12.7. The molecule has 128 valence electrons. The summed E-state index contributed by atoms with van der Waals surface area (Å²) in [5, 5.41) is 7.72. The van der Waals surface area contributed by atoms with Crippen molar-refractivity contribution in [3.05, 3.63) is 35.7 Å². The van der Waals surface area contributed by atoms with Crippen LogP contribution in [0.1, 0.15) is 29.6 Å². The van der Waals surface area contributed by atoms with Gasteiger partial charge in [0.25, 0.3) is 5.91 Å². The zero-order chi connectivity index (χ0) is 17.3. The van der Waals surface area contributed by atoms with Crippen molar-refractivity contribution < 1.29 is 17.6 Å². The maximum Gasteiger partial charge on any atom is 0.254 e. The lowest BCUT2D eigenvalue weighted by Gasteiger charge is -2.27. The molecule has 1 aromatic heterocycles. The molecular weight excluding hydrogens is 330 g/mol. The van der Waals surface area contributed by atoms with Crippen LogP contribution in [0.3, 0.4) is 0 Å². The molecule has 1 atom stereocenters. The molecule has 24 heavy (non-hydrogen) atoms. The Labute approximate surface area is 140 Å². The van der Waals surface area contributed by atoms with E-state index in [1.807, 2.05) is 6.92 Å². The quantitative estimate of drug-likeness (QED) is 0.834. The van der Waals surface area contributed by atoms with Gasteiger partial charge in [-0.15, -0.1) is 10.2 Å². The Morgan fingerprint density at radius 3 is 2.50 bits per heavy atom. The van der Waals surface area contributed by atoms with Crippen molar-refractivity contribution >= 4 is 15.7 Å². The lowest BCUT2D eigenvalue weighted by molar-refractivity contribution is 0.0708. The van der Waals surface area contributed by atoms with E-state index in [4.69, 9.17) is 4.42 Å². The van der Waals surface area contributed by atoms with E-state index in [-0.39, 0.29) is 23.5 Å². The molecule has 0 bridgehead atoms. The summed E-state index contributed by atoms with van der Waals surface area (Å²) in [5.41, 5.74) is 1.25. The van der Waals surface area contributed by atoms with Crippen molar-refractivity contribution in [3.8, 4) is 11.5 Å². The van der Waals surface area contributed by atoms with Gasteiger partial charge in [-0.05, 0) is 37.6 Å². The summed E-state index contributed by atoms with van der Waals surface area (Å²) in [7, 11) is -3.03. The molecule has 1 aromatic carbocycles. The molecule has 1 amide bonds. The highest BCUT2D eigenvalue weighted by Gasteiger charge is 2.34. The normalized spacial score (nSPS) is 19.3. The van der Waals surface area contributed by atoms with Crippen LogP contribution in [0.5, 0.6) is 0 Å². The predicted octanol–water partition coefficient (Wildman–Crippen LogP) is 1.69. The Balaban J connectivity index is 1.78. The van der Waals surface area contributed by atoms with E-state index < -0.39 is 9.84 Å². The van der Waals surface area contributed by atoms with Crippen LogP contribution in [-0.4, -0.2) is 53.5 Å². The Morgan fingerprint density at radius 2 is 2.00 bits per heavy atom. The number of aryl methyl sites for hydroxylation is 1. The van der Waals surface area contributed by atoms with Gasteiger partial charge in [0.1, 0.15) is 0 Å². The van der Waals surface area contributed by atoms with Crippen LogP contribution in [-0.2, 0) is 9.84 Å². The SMILES string of the molecule is CCN(C(=O)c1ccc(-c2nnc(C)o2)cc1)C1CCS(=O)(=O)C1. The Hall–Kier alpha value is -2.22. The monoisotopic (exact) mass is 349 g/mol.